The van der Waals surface area contributed by atoms with E-state index in [1.807, 2.05) is 35.1 Å². The molecule has 2 aliphatic heterocycles. The summed E-state index contributed by atoms with van der Waals surface area (Å²) in [4.78, 5) is 2.46. The fourth-order valence-electron chi connectivity index (χ4n) is 3.67. The van der Waals surface area contributed by atoms with E-state index >= 15 is 0 Å². The summed E-state index contributed by atoms with van der Waals surface area (Å²) in [6, 6.07) is 9.83. The Bertz CT molecular complexity index is 689. The lowest BCUT2D eigenvalue weighted by Crippen LogP contribution is -2.37. The van der Waals surface area contributed by atoms with Gasteiger partial charge in [-0.2, -0.15) is 5.10 Å². The van der Waals surface area contributed by atoms with Gasteiger partial charge in [0.2, 0.25) is 0 Å². The zero-order valence-electron chi connectivity index (χ0n) is 15.0. The van der Waals surface area contributed by atoms with Crippen LogP contribution in [0.3, 0.4) is 0 Å². The molecule has 1 unspecified atom stereocenters. The highest BCUT2D eigenvalue weighted by atomic mass is 35.5. The third-order valence-corrected chi connectivity index (χ3v) is 5.45. The van der Waals surface area contributed by atoms with Crippen LogP contribution in [-0.4, -0.2) is 53.2 Å². The van der Waals surface area contributed by atoms with E-state index in [0.29, 0.717) is 12.2 Å². The van der Waals surface area contributed by atoms with Crippen molar-refractivity contribution in [1.82, 2.24) is 14.7 Å². The molecule has 2 saturated heterocycles. The molecular formula is C20H26ClN3O2. The van der Waals surface area contributed by atoms with Gasteiger partial charge >= 0.3 is 0 Å². The number of benzene rings is 1. The summed E-state index contributed by atoms with van der Waals surface area (Å²) in [6.45, 7) is 4.67. The van der Waals surface area contributed by atoms with Crippen molar-refractivity contribution < 1.29 is 9.47 Å². The van der Waals surface area contributed by atoms with E-state index in [1.54, 1.807) is 0 Å². The first-order valence-electron chi connectivity index (χ1n) is 9.52. The summed E-state index contributed by atoms with van der Waals surface area (Å²) < 4.78 is 13.6. The predicted molar refractivity (Wildman–Crippen MR) is 102 cm³/mol. The monoisotopic (exact) mass is 375 g/mol. The van der Waals surface area contributed by atoms with E-state index < -0.39 is 0 Å². The molecular weight excluding hydrogens is 350 g/mol. The first-order chi connectivity index (χ1) is 12.8. The van der Waals surface area contributed by atoms with Crippen molar-refractivity contribution >= 4 is 11.6 Å². The molecule has 5 nitrogen and oxygen atoms in total. The second-order valence-electron chi connectivity index (χ2n) is 7.17. The first-order valence-corrected chi connectivity index (χ1v) is 9.90. The fraction of sp³-hybridized carbons (Fsp3) is 0.550. The Hall–Kier alpha value is -1.40. The summed E-state index contributed by atoms with van der Waals surface area (Å²) >= 11 is 5.95. The van der Waals surface area contributed by atoms with Gasteiger partial charge in [-0.3, -0.25) is 4.90 Å². The average molecular weight is 376 g/mol. The van der Waals surface area contributed by atoms with Crippen molar-refractivity contribution in [3.63, 3.8) is 0 Å². The molecule has 2 aromatic rings. The van der Waals surface area contributed by atoms with Crippen molar-refractivity contribution in [2.24, 2.45) is 0 Å². The van der Waals surface area contributed by atoms with Crippen LogP contribution < -0.4 is 0 Å². The topological polar surface area (TPSA) is 39.5 Å². The van der Waals surface area contributed by atoms with Gasteiger partial charge in [-0.1, -0.05) is 11.6 Å². The predicted octanol–water partition coefficient (Wildman–Crippen LogP) is 3.69. The molecule has 0 N–H and O–H groups in total. The number of likely N-dealkylation sites (tertiary alicyclic amines) is 1. The van der Waals surface area contributed by atoms with Crippen molar-refractivity contribution in [3.8, 4) is 5.69 Å². The minimum absolute atomic E-state index is 0.324. The normalized spacial score (nSPS) is 22.1. The molecule has 0 spiro atoms. The fourth-order valence-corrected chi connectivity index (χ4v) is 3.79. The summed E-state index contributed by atoms with van der Waals surface area (Å²) in [7, 11) is 0. The third kappa shape index (κ3) is 4.65. The van der Waals surface area contributed by atoms with Crippen molar-refractivity contribution in [3.05, 3.63) is 47.2 Å². The zero-order chi connectivity index (χ0) is 17.8. The van der Waals surface area contributed by atoms with Crippen LogP contribution in [0.2, 0.25) is 5.02 Å². The van der Waals surface area contributed by atoms with Crippen LogP contribution in [0, 0.1) is 0 Å². The Balaban J connectivity index is 1.23. The molecule has 3 heterocycles. The van der Waals surface area contributed by atoms with E-state index in [9.17, 15) is 0 Å². The number of ether oxygens (including phenoxy) is 2. The SMILES string of the molecule is Clc1ccc(-n2ccc(CN3CCC(OCC4CCCO4)CC3)n2)cc1. The third-order valence-electron chi connectivity index (χ3n) is 5.20. The first kappa shape index (κ1) is 18.0. The van der Waals surface area contributed by atoms with Gasteiger partial charge in [-0.05, 0) is 56.0 Å². The molecule has 140 valence electrons. The number of halogens is 1. The number of hydrogen-bond acceptors (Lipinski definition) is 4. The molecule has 0 bridgehead atoms. The van der Waals surface area contributed by atoms with E-state index in [2.05, 4.69) is 11.0 Å². The Kier molecular flexibility index (Phi) is 5.90. The molecule has 2 aliphatic rings. The highest BCUT2D eigenvalue weighted by molar-refractivity contribution is 6.30. The molecule has 6 heteroatoms. The van der Waals surface area contributed by atoms with Gasteiger partial charge in [0, 0.05) is 37.5 Å². The Morgan fingerprint density at radius 3 is 2.65 bits per heavy atom. The van der Waals surface area contributed by atoms with Gasteiger partial charge in [-0.25, -0.2) is 4.68 Å². The molecule has 0 amide bonds. The lowest BCUT2D eigenvalue weighted by molar-refractivity contribution is -0.0427. The quantitative estimate of drug-likeness (QED) is 0.772. The van der Waals surface area contributed by atoms with Crippen LogP contribution in [0.1, 0.15) is 31.4 Å². The average Bonchev–Trinajstić information content (AvgIpc) is 3.34. The maximum atomic E-state index is 6.05. The highest BCUT2D eigenvalue weighted by Gasteiger charge is 2.23. The van der Waals surface area contributed by atoms with E-state index in [1.165, 1.54) is 6.42 Å². The minimum Gasteiger partial charge on any atom is -0.376 e. The van der Waals surface area contributed by atoms with Gasteiger partial charge in [0.05, 0.1) is 30.2 Å². The minimum atomic E-state index is 0.324. The lowest BCUT2D eigenvalue weighted by Gasteiger charge is -2.31. The van der Waals surface area contributed by atoms with Gasteiger partial charge in [0.15, 0.2) is 0 Å². The Morgan fingerprint density at radius 2 is 1.92 bits per heavy atom. The van der Waals surface area contributed by atoms with Crippen molar-refractivity contribution in [2.75, 3.05) is 26.3 Å². The van der Waals surface area contributed by atoms with Crippen LogP contribution in [-0.2, 0) is 16.0 Å². The van der Waals surface area contributed by atoms with Gasteiger partial charge in [0.1, 0.15) is 0 Å². The van der Waals surface area contributed by atoms with Crippen LogP contribution in [0.15, 0.2) is 36.5 Å². The molecule has 26 heavy (non-hydrogen) atoms. The standard InChI is InChI=1S/C20H26ClN3O2/c21-16-3-5-18(6-4-16)24-12-7-17(22-24)14-23-10-8-19(9-11-23)26-15-20-2-1-13-25-20/h3-7,12,19-20H,1-2,8-11,13-15H2. The van der Waals surface area contributed by atoms with Crippen LogP contribution >= 0.6 is 11.6 Å². The number of nitrogens with zero attached hydrogens (tertiary/aromatic N) is 3. The summed E-state index contributed by atoms with van der Waals surface area (Å²) in [5.74, 6) is 0. The molecule has 0 saturated carbocycles. The van der Waals surface area contributed by atoms with E-state index in [-0.39, 0.29) is 0 Å². The molecule has 4 rings (SSSR count). The summed E-state index contributed by atoms with van der Waals surface area (Å²) in [6.07, 6.45) is 7.21. The highest BCUT2D eigenvalue weighted by Crippen LogP contribution is 2.19. The maximum Gasteiger partial charge on any atom is 0.0809 e. The van der Waals surface area contributed by atoms with Crippen molar-refractivity contribution in [1.29, 1.82) is 0 Å². The number of aromatic nitrogens is 2. The molecule has 1 aromatic carbocycles. The van der Waals surface area contributed by atoms with E-state index in [4.69, 9.17) is 26.2 Å². The van der Waals surface area contributed by atoms with Crippen LogP contribution in [0.5, 0.6) is 0 Å². The van der Waals surface area contributed by atoms with Gasteiger partial charge in [0.25, 0.3) is 0 Å². The maximum absolute atomic E-state index is 6.05. The number of hydrogen-bond donors (Lipinski definition) is 0. The second kappa shape index (κ2) is 8.53. The second-order valence-corrected chi connectivity index (χ2v) is 7.61. The zero-order valence-corrected chi connectivity index (χ0v) is 15.8. The molecule has 0 radical (unpaired) electrons. The number of piperidine rings is 1. The van der Waals surface area contributed by atoms with Gasteiger partial charge < -0.3 is 9.47 Å². The van der Waals surface area contributed by atoms with Crippen molar-refractivity contribution in [2.45, 2.75) is 44.4 Å². The largest absolute Gasteiger partial charge is 0.376 e. The molecule has 0 aliphatic carbocycles. The molecule has 1 aromatic heterocycles. The number of rotatable bonds is 6. The Morgan fingerprint density at radius 1 is 1.12 bits per heavy atom. The van der Waals surface area contributed by atoms with Crippen LogP contribution in [0.4, 0.5) is 0 Å². The molecule has 2 fully saturated rings. The Labute approximate surface area is 159 Å². The smallest absolute Gasteiger partial charge is 0.0809 e. The van der Waals surface area contributed by atoms with E-state index in [0.717, 1.165) is 68.5 Å². The lowest BCUT2D eigenvalue weighted by atomic mass is 10.1. The summed E-state index contributed by atoms with van der Waals surface area (Å²) in [5.41, 5.74) is 2.13. The van der Waals surface area contributed by atoms with Crippen LogP contribution in [0.25, 0.3) is 5.69 Å². The summed E-state index contributed by atoms with van der Waals surface area (Å²) in [5, 5.41) is 5.44. The van der Waals surface area contributed by atoms with Gasteiger partial charge in [-0.15, -0.1) is 0 Å². The molecule has 1 atom stereocenters.